The van der Waals surface area contributed by atoms with Crippen LogP contribution in [0.4, 0.5) is 0 Å². The number of piperidine rings is 1. The van der Waals surface area contributed by atoms with Gasteiger partial charge in [-0.2, -0.15) is 0 Å². The highest BCUT2D eigenvalue weighted by atomic mass is 16.3. The molecule has 1 N–H and O–H groups in total. The number of nitrogens with zero attached hydrogens (tertiary/aromatic N) is 5. The molecule has 1 amide bonds. The van der Waals surface area contributed by atoms with E-state index in [0.29, 0.717) is 12.2 Å². The van der Waals surface area contributed by atoms with Gasteiger partial charge >= 0.3 is 0 Å². The van der Waals surface area contributed by atoms with Gasteiger partial charge in [0.2, 0.25) is 5.91 Å². The molecule has 3 rings (SSSR count). The molecule has 0 aromatic carbocycles. The monoisotopic (exact) mass is 329 g/mol. The van der Waals surface area contributed by atoms with Crippen LogP contribution in [0.2, 0.25) is 0 Å². The number of rotatable bonds is 4. The molecule has 1 atom stereocenters. The molecule has 2 aromatic rings. The third kappa shape index (κ3) is 3.17. The van der Waals surface area contributed by atoms with E-state index < -0.39 is 5.41 Å². The fraction of sp³-hybridized carbons (Fsp3) is 0.529. The maximum atomic E-state index is 13.1. The van der Waals surface area contributed by atoms with Gasteiger partial charge < -0.3 is 10.0 Å². The molecule has 3 heterocycles. The molecule has 7 heteroatoms. The molecule has 7 nitrogen and oxygen atoms in total. The Labute approximate surface area is 141 Å². The van der Waals surface area contributed by atoms with Crippen LogP contribution in [0, 0.1) is 0 Å². The highest BCUT2D eigenvalue weighted by Gasteiger charge is 2.36. The number of aliphatic hydroxyl groups excluding tert-OH is 1. The Hall–Kier alpha value is -2.28. The van der Waals surface area contributed by atoms with E-state index in [4.69, 9.17) is 5.11 Å². The number of carbonyl (C=O) groups is 1. The summed E-state index contributed by atoms with van der Waals surface area (Å²) < 4.78 is 1.77. The predicted molar refractivity (Wildman–Crippen MR) is 88.1 cm³/mol. The van der Waals surface area contributed by atoms with Gasteiger partial charge in [0, 0.05) is 25.5 Å². The third-order valence-corrected chi connectivity index (χ3v) is 4.70. The zero-order valence-corrected chi connectivity index (χ0v) is 14.1. The molecule has 1 aliphatic rings. The molecule has 128 valence electrons. The lowest BCUT2D eigenvalue weighted by atomic mass is 9.83. The van der Waals surface area contributed by atoms with Crippen molar-refractivity contribution in [3.05, 3.63) is 42.0 Å². The van der Waals surface area contributed by atoms with E-state index in [2.05, 4.69) is 15.3 Å². The van der Waals surface area contributed by atoms with Gasteiger partial charge in [0.05, 0.1) is 24.3 Å². The van der Waals surface area contributed by atoms with Crippen LogP contribution in [0.25, 0.3) is 0 Å². The number of hydrogen-bond acceptors (Lipinski definition) is 5. The standard InChI is InChI=1S/C17H23N5O2/c1-17(2,13-5-3-7-18-9-13)16(24)21-8-4-6-15(11-21)22-10-14(12-23)19-20-22/h3,5,7,9-10,15,23H,4,6,8,11-12H2,1-2H3. The van der Waals surface area contributed by atoms with Gasteiger partial charge in [-0.3, -0.25) is 9.78 Å². The van der Waals surface area contributed by atoms with Crippen LogP contribution in [-0.2, 0) is 16.8 Å². The van der Waals surface area contributed by atoms with Gasteiger partial charge in [0.1, 0.15) is 5.69 Å². The zero-order valence-electron chi connectivity index (χ0n) is 14.1. The second-order valence-corrected chi connectivity index (χ2v) is 6.76. The van der Waals surface area contributed by atoms with Crippen molar-refractivity contribution in [1.82, 2.24) is 24.9 Å². The maximum absolute atomic E-state index is 13.1. The zero-order chi connectivity index (χ0) is 17.2. The third-order valence-electron chi connectivity index (χ3n) is 4.70. The molecule has 0 bridgehead atoms. The number of likely N-dealkylation sites (tertiary alicyclic amines) is 1. The van der Waals surface area contributed by atoms with Crippen molar-refractivity contribution in [2.24, 2.45) is 0 Å². The maximum Gasteiger partial charge on any atom is 0.232 e. The minimum Gasteiger partial charge on any atom is -0.390 e. The molecule has 24 heavy (non-hydrogen) atoms. The van der Waals surface area contributed by atoms with Gasteiger partial charge in [0.15, 0.2) is 0 Å². The van der Waals surface area contributed by atoms with Crippen LogP contribution in [0.1, 0.15) is 44.0 Å². The minimum absolute atomic E-state index is 0.0974. The fourth-order valence-electron chi connectivity index (χ4n) is 3.17. The van der Waals surface area contributed by atoms with E-state index in [0.717, 1.165) is 24.9 Å². The molecule has 0 spiro atoms. The summed E-state index contributed by atoms with van der Waals surface area (Å²) in [6.45, 7) is 5.12. The second-order valence-electron chi connectivity index (χ2n) is 6.76. The van der Waals surface area contributed by atoms with E-state index in [1.165, 1.54) is 0 Å². The van der Waals surface area contributed by atoms with Crippen molar-refractivity contribution < 1.29 is 9.90 Å². The Morgan fingerprint density at radius 1 is 1.46 bits per heavy atom. The number of aliphatic hydroxyl groups is 1. The summed E-state index contributed by atoms with van der Waals surface area (Å²) in [6.07, 6.45) is 7.10. The SMILES string of the molecule is CC(C)(C(=O)N1CCCC(n2cc(CO)nn2)C1)c1cccnc1. The van der Waals surface area contributed by atoms with Gasteiger partial charge in [-0.25, -0.2) is 4.68 Å². The summed E-state index contributed by atoms with van der Waals surface area (Å²) in [7, 11) is 0. The first-order valence-corrected chi connectivity index (χ1v) is 8.24. The van der Waals surface area contributed by atoms with Gasteiger partial charge in [-0.15, -0.1) is 5.10 Å². The number of aromatic nitrogens is 4. The average molecular weight is 329 g/mol. The summed E-state index contributed by atoms with van der Waals surface area (Å²) in [5.74, 6) is 0.0997. The first kappa shape index (κ1) is 16.6. The smallest absolute Gasteiger partial charge is 0.232 e. The molecule has 0 saturated carbocycles. The van der Waals surface area contributed by atoms with Crippen molar-refractivity contribution in [2.45, 2.75) is 44.8 Å². The second kappa shape index (κ2) is 6.68. The Balaban J connectivity index is 1.75. The van der Waals surface area contributed by atoms with Crippen LogP contribution in [0.5, 0.6) is 0 Å². The molecule has 1 aliphatic heterocycles. The quantitative estimate of drug-likeness (QED) is 0.914. The average Bonchev–Trinajstić information content (AvgIpc) is 3.11. The molecule has 2 aromatic heterocycles. The highest BCUT2D eigenvalue weighted by molar-refractivity contribution is 5.87. The minimum atomic E-state index is -0.616. The van der Waals surface area contributed by atoms with Crippen molar-refractivity contribution in [3.63, 3.8) is 0 Å². The van der Waals surface area contributed by atoms with Gasteiger partial charge in [-0.05, 0) is 38.3 Å². The van der Waals surface area contributed by atoms with Crippen LogP contribution in [0.15, 0.2) is 30.7 Å². The molecule has 0 radical (unpaired) electrons. The first-order valence-electron chi connectivity index (χ1n) is 8.24. The molecule has 1 fully saturated rings. The first-order chi connectivity index (χ1) is 11.5. The van der Waals surface area contributed by atoms with Gasteiger partial charge in [0.25, 0.3) is 0 Å². The molecule has 1 unspecified atom stereocenters. The fourth-order valence-corrected chi connectivity index (χ4v) is 3.17. The van der Waals surface area contributed by atoms with Crippen LogP contribution in [-0.4, -0.2) is 49.0 Å². The van der Waals surface area contributed by atoms with Gasteiger partial charge in [-0.1, -0.05) is 11.3 Å². The van der Waals surface area contributed by atoms with Crippen LogP contribution >= 0.6 is 0 Å². The lowest BCUT2D eigenvalue weighted by Crippen LogP contribution is -2.48. The van der Waals surface area contributed by atoms with E-state index in [1.54, 1.807) is 23.3 Å². The lowest BCUT2D eigenvalue weighted by molar-refractivity contribution is -0.138. The van der Waals surface area contributed by atoms with Crippen molar-refractivity contribution >= 4 is 5.91 Å². The Bertz CT molecular complexity index is 698. The van der Waals surface area contributed by atoms with Crippen molar-refractivity contribution in [2.75, 3.05) is 13.1 Å². The van der Waals surface area contributed by atoms with Crippen LogP contribution < -0.4 is 0 Å². The summed E-state index contributed by atoms with van der Waals surface area (Å²) in [5, 5.41) is 17.1. The van der Waals surface area contributed by atoms with E-state index in [1.807, 2.05) is 30.9 Å². The number of carbonyl (C=O) groups excluding carboxylic acids is 1. The Kier molecular flexibility index (Phi) is 4.62. The van der Waals surface area contributed by atoms with E-state index >= 15 is 0 Å². The largest absolute Gasteiger partial charge is 0.390 e. The summed E-state index contributed by atoms with van der Waals surface area (Å²) in [4.78, 5) is 19.1. The lowest BCUT2D eigenvalue weighted by Gasteiger charge is -2.37. The normalized spacial score (nSPS) is 18.6. The van der Waals surface area contributed by atoms with Crippen LogP contribution in [0.3, 0.4) is 0 Å². The molecule has 0 aliphatic carbocycles. The molecular weight excluding hydrogens is 306 g/mol. The van der Waals surface area contributed by atoms with Crippen molar-refractivity contribution in [3.8, 4) is 0 Å². The summed E-state index contributed by atoms with van der Waals surface area (Å²) in [5.41, 5.74) is 0.851. The number of hydrogen-bond donors (Lipinski definition) is 1. The highest BCUT2D eigenvalue weighted by Crippen LogP contribution is 2.29. The summed E-state index contributed by atoms with van der Waals surface area (Å²) in [6, 6.07) is 3.90. The predicted octanol–water partition coefficient (Wildman–Crippen LogP) is 1.31. The number of amides is 1. The van der Waals surface area contributed by atoms with E-state index in [-0.39, 0.29) is 18.6 Å². The molecular formula is C17H23N5O2. The molecule has 1 saturated heterocycles. The number of pyridine rings is 1. The Morgan fingerprint density at radius 3 is 2.96 bits per heavy atom. The Morgan fingerprint density at radius 2 is 2.29 bits per heavy atom. The van der Waals surface area contributed by atoms with Crippen molar-refractivity contribution in [1.29, 1.82) is 0 Å². The van der Waals surface area contributed by atoms with E-state index in [9.17, 15) is 4.79 Å². The summed E-state index contributed by atoms with van der Waals surface area (Å²) >= 11 is 0. The topological polar surface area (TPSA) is 84.1 Å².